The molecule has 1 aliphatic heterocycles. The predicted octanol–water partition coefficient (Wildman–Crippen LogP) is 3.39. The van der Waals surface area contributed by atoms with E-state index in [9.17, 15) is 4.79 Å². The van der Waals surface area contributed by atoms with Crippen LogP contribution >= 0.6 is 23.2 Å². The number of ether oxygens (including phenoxy) is 1. The number of hydrogen-bond acceptors (Lipinski definition) is 5. The molecule has 1 saturated heterocycles. The van der Waals surface area contributed by atoms with Crippen LogP contribution in [0, 0.1) is 0 Å². The number of carbonyl (C=O) groups is 1. The van der Waals surface area contributed by atoms with Crippen LogP contribution in [0.3, 0.4) is 0 Å². The molecule has 142 valence electrons. The first-order chi connectivity index (χ1) is 13.1. The van der Waals surface area contributed by atoms with Crippen molar-refractivity contribution in [2.45, 2.75) is 18.8 Å². The predicted molar refractivity (Wildman–Crippen MR) is 105 cm³/mol. The topological polar surface area (TPSA) is 58.6 Å². The molecule has 1 saturated carbocycles. The van der Waals surface area contributed by atoms with E-state index in [-0.39, 0.29) is 12.5 Å². The molecule has 6 nitrogen and oxygen atoms in total. The minimum Gasteiger partial charge on any atom is -0.482 e. The van der Waals surface area contributed by atoms with Gasteiger partial charge in [0, 0.05) is 37.1 Å². The van der Waals surface area contributed by atoms with Gasteiger partial charge < -0.3 is 14.5 Å². The smallest absolute Gasteiger partial charge is 0.260 e. The second-order valence-electron chi connectivity index (χ2n) is 6.82. The summed E-state index contributed by atoms with van der Waals surface area (Å²) in [5, 5.41) is 9.61. The lowest BCUT2D eigenvalue weighted by molar-refractivity contribution is -0.133. The number of piperazine rings is 1. The van der Waals surface area contributed by atoms with E-state index in [1.165, 1.54) is 12.8 Å². The Morgan fingerprint density at radius 1 is 1.07 bits per heavy atom. The molecule has 1 amide bonds. The number of aromatic nitrogens is 2. The lowest BCUT2D eigenvalue weighted by atomic mass is 10.2. The van der Waals surface area contributed by atoms with Crippen LogP contribution in [0.4, 0.5) is 5.82 Å². The number of nitrogens with zero attached hydrogens (tertiary/aromatic N) is 4. The van der Waals surface area contributed by atoms with Crippen LogP contribution in [0.5, 0.6) is 5.75 Å². The molecule has 0 N–H and O–H groups in total. The molecule has 2 fully saturated rings. The third-order valence-corrected chi connectivity index (χ3v) is 5.40. The van der Waals surface area contributed by atoms with Gasteiger partial charge in [-0.25, -0.2) is 0 Å². The van der Waals surface area contributed by atoms with Crippen LogP contribution < -0.4 is 9.64 Å². The SMILES string of the molecule is O=C(COc1ccc(Cl)cc1Cl)N1CCN(c2ccc(C3CC3)nn2)CC1. The number of amides is 1. The van der Waals surface area contributed by atoms with Gasteiger partial charge in [-0.1, -0.05) is 23.2 Å². The first-order valence-electron chi connectivity index (χ1n) is 9.04. The van der Waals surface area contributed by atoms with Crippen LogP contribution in [-0.4, -0.2) is 53.8 Å². The lowest BCUT2D eigenvalue weighted by Crippen LogP contribution is -2.50. The molecule has 2 aromatic rings. The van der Waals surface area contributed by atoms with E-state index in [1.54, 1.807) is 23.1 Å². The molecule has 4 rings (SSSR count). The van der Waals surface area contributed by atoms with E-state index >= 15 is 0 Å². The van der Waals surface area contributed by atoms with E-state index < -0.39 is 0 Å². The minimum absolute atomic E-state index is 0.0444. The van der Waals surface area contributed by atoms with Gasteiger partial charge in [0.1, 0.15) is 5.75 Å². The van der Waals surface area contributed by atoms with Crippen molar-refractivity contribution in [3.05, 3.63) is 46.1 Å². The fourth-order valence-electron chi connectivity index (χ4n) is 3.11. The molecule has 0 atom stereocenters. The van der Waals surface area contributed by atoms with E-state index in [2.05, 4.69) is 21.2 Å². The van der Waals surface area contributed by atoms with E-state index in [0.29, 0.717) is 34.8 Å². The summed E-state index contributed by atoms with van der Waals surface area (Å²) in [6.45, 7) is 2.66. The standard InChI is InChI=1S/C19H20Cl2N4O2/c20-14-3-5-17(15(21)11-14)27-12-19(26)25-9-7-24(8-10-25)18-6-4-16(22-23-18)13-1-2-13/h3-6,11,13H,1-2,7-10,12H2. The third kappa shape index (κ3) is 4.45. The maximum Gasteiger partial charge on any atom is 0.260 e. The monoisotopic (exact) mass is 406 g/mol. The third-order valence-electron chi connectivity index (χ3n) is 4.87. The first-order valence-corrected chi connectivity index (χ1v) is 9.80. The van der Waals surface area contributed by atoms with Crippen molar-refractivity contribution in [2.24, 2.45) is 0 Å². The molecule has 1 aliphatic carbocycles. The maximum absolute atomic E-state index is 12.4. The fourth-order valence-corrected chi connectivity index (χ4v) is 3.57. The van der Waals surface area contributed by atoms with Gasteiger partial charge in [0.2, 0.25) is 0 Å². The van der Waals surface area contributed by atoms with E-state index in [4.69, 9.17) is 27.9 Å². The molecule has 2 aliphatic rings. The minimum atomic E-state index is -0.0594. The van der Waals surface area contributed by atoms with Gasteiger partial charge in [-0.05, 0) is 43.2 Å². The number of anilines is 1. The lowest BCUT2D eigenvalue weighted by Gasteiger charge is -2.35. The summed E-state index contributed by atoms with van der Waals surface area (Å²) in [6, 6.07) is 9.05. The molecule has 0 radical (unpaired) electrons. The Balaban J connectivity index is 1.27. The van der Waals surface area contributed by atoms with Crippen molar-refractivity contribution < 1.29 is 9.53 Å². The highest BCUT2D eigenvalue weighted by atomic mass is 35.5. The number of benzene rings is 1. The zero-order valence-electron chi connectivity index (χ0n) is 14.8. The molecule has 8 heteroatoms. The second-order valence-corrected chi connectivity index (χ2v) is 7.67. The molecular formula is C19H20Cl2N4O2. The van der Waals surface area contributed by atoms with Crippen LogP contribution in [0.15, 0.2) is 30.3 Å². The van der Waals surface area contributed by atoms with Crippen molar-refractivity contribution in [3.8, 4) is 5.75 Å². The summed E-state index contributed by atoms with van der Waals surface area (Å²) in [7, 11) is 0. The summed E-state index contributed by atoms with van der Waals surface area (Å²) < 4.78 is 5.54. The van der Waals surface area contributed by atoms with Gasteiger partial charge in [0.25, 0.3) is 5.91 Å². The maximum atomic E-state index is 12.4. The number of halogens is 2. The highest BCUT2D eigenvalue weighted by Gasteiger charge is 2.26. The van der Waals surface area contributed by atoms with Gasteiger partial charge in [0.05, 0.1) is 10.7 Å². The summed E-state index contributed by atoms with van der Waals surface area (Å²) in [6.07, 6.45) is 2.44. The Morgan fingerprint density at radius 3 is 2.48 bits per heavy atom. The summed E-state index contributed by atoms with van der Waals surface area (Å²) >= 11 is 11.9. The number of carbonyl (C=O) groups excluding carboxylic acids is 1. The van der Waals surface area contributed by atoms with Crippen molar-refractivity contribution in [2.75, 3.05) is 37.7 Å². The van der Waals surface area contributed by atoms with Gasteiger partial charge in [-0.2, -0.15) is 5.10 Å². The first kappa shape index (κ1) is 18.3. The molecule has 1 aromatic heterocycles. The van der Waals surface area contributed by atoms with Crippen LogP contribution in [-0.2, 0) is 4.79 Å². The Hall–Kier alpha value is -2.05. The van der Waals surface area contributed by atoms with E-state index in [0.717, 1.165) is 24.6 Å². The molecule has 0 unspecified atom stereocenters. The van der Waals surface area contributed by atoms with Gasteiger partial charge in [-0.3, -0.25) is 4.79 Å². The number of rotatable bonds is 5. The average molecular weight is 407 g/mol. The molecule has 27 heavy (non-hydrogen) atoms. The zero-order chi connectivity index (χ0) is 18.8. The molecule has 0 bridgehead atoms. The quantitative estimate of drug-likeness (QED) is 0.761. The molecule has 1 aromatic carbocycles. The highest BCUT2D eigenvalue weighted by molar-refractivity contribution is 6.35. The Bertz CT molecular complexity index is 819. The normalized spacial score (nSPS) is 17.1. The second kappa shape index (κ2) is 7.90. The van der Waals surface area contributed by atoms with Crippen molar-refractivity contribution in [1.29, 1.82) is 0 Å². The summed E-state index contributed by atoms with van der Waals surface area (Å²) in [5.41, 5.74) is 1.09. The van der Waals surface area contributed by atoms with Crippen molar-refractivity contribution >= 4 is 34.9 Å². The Labute approximate surface area is 168 Å². The Kier molecular flexibility index (Phi) is 5.36. The van der Waals surface area contributed by atoms with Gasteiger partial charge in [-0.15, -0.1) is 5.10 Å². The number of hydrogen-bond donors (Lipinski definition) is 0. The van der Waals surface area contributed by atoms with Crippen molar-refractivity contribution in [3.63, 3.8) is 0 Å². The molecular weight excluding hydrogens is 387 g/mol. The van der Waals surface area contributed by atoms with Gasteiger partial charge >= 0.3 is 0 Å². The molecule has 0 spiro atoms. The summed E-state index contributed by atoms with van der Waals surface area (Å²) in [4.78, 5) is 16.4. The average Bonchev–Trinajstić information content (AvgIpc) is 3.53. The van der Waals surface area contributed by atoms with Crippen LogP contribution in [0.1, 0.15) is 24.5 Å². The largest absolute Gasteiger partial charge is 0.482 e. The Morgan fingerprint density at radius 2 is 1.85 bits per heavy atom. The zero-order valence-corrected chi connectivity index (χ0v) is 16.3. The summed E-state index contributed by atoms with van der Waals surface area (Å²) in [5.74, 6) is 1.88. The van der Waals surface area contributed by atoms with E-state index in [1.807, 2.05) is 6.07 Å². The van der Waals surface area contributed by atoms with Crippen LogP contribution in [0.2, 0.25) is 10.0 Å². The fraction of sp³-hybridized carbons (Fsp3) is 0.421. The molecule has 2 heterocycles. The highest BCUT2D eigenvalue weighted by Crippen LogP contribution is 2.38. The van der Waals surface area contributed by atoms with Crippen LogP contribution in [0.25, 0.3) is 0 Å². The van der Waals surface area contributed by atoms with Crippen molar-refractivity contribution in [1.82, 2.24) is 15.1 Å². The van der Waals surface area contributed by atoms with Gasteiger partial charge in [0.15, 0.2) is 12.4 Å².